The number of nitro groups is 1. The normalized spacial score (nSPS) is 10.3. The van der Waals surface area contributed by atoms with Crippen LogP contribution in [0.3, 0.4) is 0 Å². The lowest BCUT2D eigenvalue weighted by Crippen LogP contribution is -1.93. The third kappa shape index (κ3) is 2.31. The Kier molecular flexibility index (Phi) is 3.07. The van der Waals surface area contributed by atoms with Crippen LogP contribution in [0.1, 0.15) is 0 Å². The molecule has 2 aromatic heterocycles. The van der Waals surface area contributed by atoms with Crippen molar-refractivity contribution >= 4 is 29.1 Å². The fraction of sp³-hybridized carbons (Fsp3) is 0. The number of imidazole rings is 1. The molecule has 0 bridgehead atoms. The van der Waals surface area contributed by atoms with E-state index in [0.29, 0.717) is 5.16 Å². The third-order valence-electron chi connectivity index (χ3n) is 1.66. The van der Waals surface area contributed by atoms with Crippen LogP contribution in [0, 0.1) is 10.1 Å². The Bertz CT molecular complexity index is 517. The van der Waals surface area contributed by atoms with Gasteiger partial charge in [-0.2, -0.15) is 0 Å². The number of nitrogens with zero attached hydrogens (tertiary/aromatic N) is 3. The van der Waals surface area contributed by atoms with Crippen molar-refractivity contribution in [3.8, 4) is 0 Å². The number of halogens is 1. The molecule has 2 heterocycles. The Hall–Kier alpha value is -1.60. The molecule has 82 valence electrons. The highest BCUT2D eigenvalue weighted by Crippen LogP contribution is 2.32. The minimum atomic E-state index is -0.524. The molecule has 6 nitrogen and oxygen atoms in total. The lowest BCUT2D eigenvalue weighted by molar-refractivity contribution is -0.388. The maximum Gasteiger partial charge on any atom is 0.303 e. The highest BCUT2D eigenvalue weighted by molar-refractivity contribution is 7.99. The first kappa shape index (κ1) is 10.9. The zero-order valence-corrected chi connectivity index (χ0v) is 9.33. The number of H-pyrrole nitrogens is 1. The molecular formula is C8H5ClN4O2S. The first-order valence-electron chi connectivity index (χ1n) is 4.14. The van der Waals surface area contributed by atoms with Crippen LogP contribution in [0.25, 0.3) is 0 Å². The van der Waals surface area contributed by atoms with Crippen LogP contribution in [-0.2, 0) is 0 Å². The van der Waals surface area contributed by atoms with Gasteiger partial charge in [0.1, 0.15) is 0 Å². The van der Waals surface area contributed by atoms with Crippen molar-refractivity contribution in [2.45, 2.75) is 10.2 Å². The highest BCUT2D eigenvalue weighted by Gasteiger charge is 2.17. The number of rotatable bonds is 3. The number of pyridine rings is 1. The Balaban J connectivity index is 2.36. The van der Waals surface area contributed by atoms with Gasteiger partial charge in [-0.15, -0.1) is 0 Å². The maximum absolute atomic E-state index is 10.8. The molecule has 2 aromatic rings. The Morgan fingerprint density at radius 1 is 1.50 bits per heavy atom. The maximum atomic E-state index is 10.8. The molecule has 0 aliphatic carbocycles. The smallest absolute Gasteiger partial charge is 0.303 e. The minimum Gasteiger partial charge on any atom is -0.339 e. The van der Waals surface area contributed by atoms with Gasteiger partial charge in [-0.25, -0.2) is 9.97 Å². The van der Waals surface area contributed by atoms with Crippen molar-refractivity contribution in [2.24, 2.45) is 0 Å². The summed E-state index contributed by atoms with van der Waals surface area (Å²) in [5.41, 5.74) is -0.131. The number of nitrogens with one attached hydrogen (secondary N) is 1. The fourth-order valence-electron chi connectivity index (χ4n) is 1.02. The Labute approximate surface area is 99.2 Å². The van der Waals surface area contributed by atoms with Crippen molar-refractivity contribution in [3.05, 3.63) is 39.8 Å². The van der Waals surface area contributed by atoms with Gasteiger partial charge in [0.15, 0.2) is 10.2 Å². The zero-order valence-electron chi connectivity index (χ0n) is 7.75. The van der Waals surface area contributed by atoms with E-state index in [1.165, 1.54) is 12.3 Å². The number of aromatic nitrogens is 3. The predicted octanol–water partition coefficient (Wildman–Crippen LogP) is 2.52. The van der Waals surface area contributed by atoms with E-state index in [9.17, 15) is 10.1 Å². The van der Waals surface area contributed by atoms with Gasteiger partial charge < -0.3 is 4.98 Å². The Morgan fingerprint density at radius 2 is 2.31 bits per heavy atom. The number of aromatic amines is 1. The summed E-state index contributed by atoms with van der Waals surface area (Å²) in [6, 6.07) is 1.26. The van der Waals surface area contributed by atoms with Crippen molar-refractivity contribution in [1.82, 2.24) is 15.0 Å². The van der Waals surface area contributed by atoms with E-state index < -0.39 is 4.92 Å². The van der Waals surface area contributed by atoms with E-state index in [-0.39, 0.29) is 15.7 Å². The molecule has 1 N–H and O–H groups in total. The molecule has 0 aromatic carbocycles. The molecule has 0 fully saturated rings. The predicted molar refractivity (Wildman–Crippen MR) is 58.6 cm³/mol. The second-order valence-electron chi connectivity index (χ2n) is 2.73. The van der Waals surface area contributed by atoms with Gasteiger partial charge in [-0.05, 0) is 11.8 Å². The van der Waals surface area contributed by atoms with Gasteiger partial charge in [-0.3, -0.25) is 10.1 Å². The van der Waals surface area contributed by atoms with Gasteiger partial charge in [0.25, 0.3) is 0 Å². The van der Waals surface area contributed by atoms with Crippen molar-refractivity contribution < 1.29 is 4.92 Å². The van der Waals surface area contributed by atoms with Crippen LogP contribution in [0.5, 0.6) is 0 Å². The van der Waals surface area contributed by atoms with E-state index >= 15 is 0 Å². The Morgan fingerprint density at radius 3 is 2.94 bits per heavy atom. The summed E-state index contributed by atoms with van der Waals surface area (Å²) in [7, 11) is 0. The largest absolute Gasteiger partial charge is 0.339 e. The van der Waals surface area contributed by atoms with Gasteiger partial charge in [-0.1, -0.05) is 11.6 Å². The average molecular weight is 257 g/mol. The van der Waals surface area contributed by atoms with Gasteiger partial charge in [0.2, 0.25) is 0 Å². The molecule has 2 rings (SSSR count). The van der Waals surface area contributed by atoms with Crippen LogP contribution in [0.2, 0.25) is 5.02 Å². The first-order chi connectivity index (χ1) is 7.66. The summed E-state index contributed by atoms with van der Waals surface area (Å²) in [5, 5.41) is 11.8. The number of hydrogen-bond acceptors (Lipinski definition) is 5. The van der Waals surface area contributed by atoms with Crippen LogP contribution in [0.15, 0.2) is 34.8 Å². The summed E-state index contributed by atoms with van der Waals surface area (Å²) in [5.74, 6) is 0. The summed E-state index contributed by atoms with van der Waals surface area (Å²) in [4.78, 5) is 20.9. The topological polar surface area (TPSA) is 84.7 Å². The standard InChI is InChI=1S/C8H5ClN4O2S/c9-5-3-6(13(14)15)7(12-4-5)16-8-10-1-2-11-8/h1-4H,(H,10,11). The summed E-state index contributed by atoms with van der Waals surface area (Å²) >= 11 is 6.72. The van der Waals surface area contributed by atoms with Crippen molar-refractivity contribution in [1.29, 1.82) is 0 Å². The van der Waals surface area contributed by atoms with Crippen LogP contribution < -0.4 is 0 Å². The fourth-order valence-corrected chi connectivity index (χ4v) is 1.94. The first-order valence-corrected chi connectivity index (χ1v) is 5.33. The molecule has 0 spiro atoms. The molecule has 0 aliphatic heterocycles. The molecule has 0 aliphatic rings. The lowest BCUT2D eigenvalue weighted by atomic mass is 10.4. The quantitative estimate of drug-likeness (QED) is 0.674. The molecule has 0 unspecified atom stereocenters. The van der Waals surface area contributed by atoms with Crippen LogP contribution >= 0.6 is 23.4 Å². The van der Waals surface area contributed by atoms with E-state index in [1.54, 1.807) is 12.4 Å². The van der Waals surface area contributed by atoms with Gasteiger partial charge >= 0.3 is 5.69 Å². The van der Waals surface area contributed by atoms with Crippen LogP contribution in [0.4, 0.5) is 5.69 Å². The van der Waals surface area contributed by atoms with Crippen LogP contribution in [-0.4, -0.2) is 19.9 Å². The monoisotopic (exact) mass is 256 g/mol. The van der Waals surface area contributed by atoms with Crippen molar-refractivity contribution in [2.75, 3.05) is 0 Å². The molecule has 0 saturated heterocycles. The van der Waals surface area contributed by atoms with Crippen molar-refractivity contribution in [3.63, 3.8) is 0 Å². The van der Waals surface area contributed by atoms with E-state index in [4.69, 9.17) is 11.6 Å². The molecule has 0 amide bonds. The van der Waals surface area contributed by atoms with Gasteiger partial charge in [0, 0.05) is 24.7 Å². The molecule has 0 radical (unpaired) electrons. The molecule has 0 saturated carbocycles. The number of hydrogen-bond donors (Lipinski definition) is 1. The summed E-state index contributed by atoms with van der Waals surface area (Å²) < 4.78 is 0. The molecule has 0 atom stereocenters. The van der Waals surface area contributed by atoms with Gasteiger partial charge in [0.05, 0.1) is 9.95 Å². The molecular weight excluding hydrogens is 252 g/mol. The molecule has 8 heteroatoms. The van der Waals surface area contributed by atoms with E-state index in [2.05, 4.69) is 15.0 Å². The second-order valence-corrected chi connectivity index (χ2v) is 4.15. The van der Waals surface area contributed by atoms with E-state index in [0.717, 1.165) is 11.8 Å². The average Bonchev–Trinajstić information content (AvgIpc) is 2.73. The SMILES string of the molecule is O=[N+]([O-])c1cc(Cl)cnc1Sc1ncc[nH]1. The molecule has 16 heavy (non-hydrogen) atoms. The highest BCUT2D eigenvalue weighted by atomic mass is 35.5. The third-order valence-corrected chi connectivity index (χ3v) is 2.79. The zero-order chi connectivity index (χ0) is 11.5. The lowest BCUT2D eigenvalue weighted by Gasteiger charge is -1.99. The second kappa shape index (κ2) is 4.50. The summed E-state index contributed by atoms with van der Waals surface area (Å²) in [6.07, 6.45) is 4.55. The summed E-state index contributed by atoms with van der Waals surface area (Å²) in [6.45, 7) is 0. The van der Waals surface area contributed by atoms with E-state index in [1.807, 2.05) is 0 Å². The minimum absolute atomic E-state index is 0.131.